The molecule has 1 aromatic heterocycles. The maximum atomic E-state index is 11.9. The van der Waals surface area contributed by atoms with Crippen LogP contribution in [0, 0.1) is 0 Å². The van der Waals surface area contributed by atoms with Gasteiger partial charge in [0.05, 0.1) is 5.02 Å². The van der Waals surface area contributed by atoms with Crippen molar-refractivity contribution in [2.75, 3.05) is 19.0 Å². The van der Waals surface area contributed by atoms with Gasteiger partial charge in [0.15, 0.2) is 6.61 Å². The molecule has 3 aromatic rings. The molecule has 6 nitrogen and oxygen atoms in total. The van der Waals surface area contributed by atoms with E-state index in [1.54, 1.807) is 30.3 Å². The quantitative estimate of drug-likeness (QED) is 0.457. The number of rotatable bonds is 6. The van der Waals surface area contributed by atoms with Crippen molar-refractivity contribution in [3.05, 3.63) is 70.1 Å². The number of hydrogen-bond donors (Lipinski definition) is 2. The Labute approximate surface area is 176 Å². The van der Waals surface area contributed by atoms with Crippen molar-refractivity contribution < 1.29 is 19.1 Å². The highest BCUT2D eigenvalue weighted by molar-refractivity contribution is 7.20. The first-order valence-electron chi connectivity index (χ1n) is 8.62. The number of fused-ring (bicyclic) bond motifs is 1. The second kappa shape index (κ2) is 9.36. The third-order valence-corrected chi connectivity index (χ3v) is 5.59. The van der Waals surface area contributed by atoms with Gasteiger partial charge in [0.25, 0.3) is 11.8 Å². The van der Waals surface area contributed by atoms with Crippen LogP contribution in [-0.2, 0) is 14.3 Å². The molecule has 148 valence electrons. The molecule has 8 heteroatoms. The van der Waals surface area contributed by atoms with Crippen molar-refractivity contribution in [3.8, 4) is 0 Å². The molecule has 0 fully saturated rings. The highest BCUT2D eigenvalue weighted by Gasteiger charge is 2.10. The minimum Gasteiger partial charge on any atom is -0.452 e. The van der Waals surface area contributed by atoms with E-state index >= 15 is 0 Å². The van der Waals surface area contributed by atoms with E-state index in [0.29, 0.717) is 16.3 Å². The SMILES string of the molecule is CNC(=O)c1ccc(NC(=O)COC(=O)/C=C/c2sc3ccccc3c2Cl)cc1. The smallest absolute Gasteiger partial charge is 0.331 e. The minimum absolute atomic E-state index is 0.220. The zero-order chi connectivity index (χ0) is 20.8. The Hall–Kier alpha value is -3.16. The van der Waals surface area contributed by atoms with Crippen LogP contribution in [0.4, 0.5) is 5.69 Å². The third-order valence-electron chi connectivity index (χ3n) is 3.93. The number of thiophene rings is 1. The van der Waals surface area contributed by atoms with Gasteiger partial charge < -0.3 is 15.4 Å². The molecule has 0 aliphatic heterocycles. The molecule has 0 aliphatic rings. The first kappa shape index (κ1) is 20.6. The Balaban J connectivity index is 1.52. The van der Waals surface area contributed by atoms with Gasteiger partial charge in [-0.2, -0.15) is 0 Å². The van der Waals surface area contributed by atoms with Gasteiger partial charge in [-0.1, -0.05) is 29.8 Å². The maximum absolute atomic E-state index is 11.9. The molecular weight excluding hydrogens is 412 g/mol. The lowest BCUT2D eigenvalue weighted by Gasteiger charge is -2.06. The van der Waals surface area contributed by atoms with Gasteiger partial charge in [0.1, 0.15) is 0 Å². The Morgan fingerprint density at radius 3 is 2.52 bits per heavy atom. The molecule has 0 aliphatic carbocycles. The van der Waals surface area contributed by atoms with Crippen LogP contribution in [-0.4, -0.2) is 31.4 Å². The fourth-order valence-corrected chi connectivity index (χ4v) is 3.91. The van der Waals surface area contributed by atoms with Gasteiger partial charge in [-0.25, -0.2) is 4.79 Å². The highest BCUT2D eigenvalue weighted by atomic mass is 35.5. The maximum Gasteiger partial charge on any atom is 0.331 e. The van der Waals surface area contributed by atoms with E-state index in [1.807, 2.05) is 24.3 Å². The molecule has 0 spiro atoms. The van der Waals surface area contributed by atoms with Crippen molar-refractivity contribution in [1.29, 1.82) is 0 Å². The lowest BCUT2D eigenvalue weighted by atomic mass is 10.2. The lowest BCUT2D eigenvalue weighted by Crippen LogP contribution is -2.20. The molecule has 2 amide bonds. The van der Waals surface area contributed by atoms with Gasteiger partial charge >= 0.3 is 5.97 Å². The number of anilines is 1. The van der Waals surface area contributed by atoms with Crippen molar-refractivity contribution in [3.63, 3.8) is 0 Å². The summed E-state index contributed by atoms with van der Waals surface area (Å²) < 4.78 is 5.97. The normalized spacial score (nSPS) is 10.8. The van der Waals surface area contributed by atoms with Crippen molar-refractivity contribution >= 4 is 62.6 Å². The standard InChI is InChI=1S/C21H17ClN2O4S/c1-23-21(27)13-6-8-14(9-7-13)24-18(25)12-28-19(26)11-10-17-20(22)15-4-2-3-5-16(15)29-17/h2-11H,12H2,1H3,(H,23,27)(H,24,25)/b11-10+. The molecule has 1 heterocycles. The van der Waals surface area contributed by atoms with Crippen LogP contribution in [0.15, 0.2) is 54.6 Å². The van der Waals surface area contributed by atoms with E-state index in [0.717, 1.165) is 15.0 Å². The average Bonchev–Trinajstić information content (AvgIpc) is 3.06. The van der Waals surface area contributed by atoms with Gasteiger partial charge in [0.2, 0.25) is 0 Å². The van der Waals surface area contributed by atoms with Crippen LogP contribution in [0.25, 0.3) is 16.2 Å². The summed E-state index contributed by atoms with van der Waals surface area (Å²) in [6.45, 7) is -0.430. The largest absolute Gasteiger partial charge is 0.452 e. The number of nitrogens with one attached hydrogen (secondary N) is 2. The molecule has 0 radical (unpaired) electrons. The summed E-state index contributed by atoms with van der Waals surface area (Å²) in [6.07, 6.45) is 2.81. The Kier molecular flexibility index (Phi) is 6.64. The number of hydrogen-bond acceptors (Lipinski definition) is 5. The second-order valence-electron chi connectivity index (χ2n) is 5.92. The summed E-state index contributed by atoms with van der Waals surface area (Å²) in [5.41, 5.74) is 0.966. The van der Waals surface area contributed by atoms with E-state index in [1.165, 1.54) is 24.5 Å². The van der Waals surface area contributed by atoms with Gasteiger partial charge in [-0.3, -0.25) is 9.59 Å². The number of esters is 1. The van der Waals surface area contributed by atoms with Gasteiger partial charge in [0, 0.05) is 39.3 Å². The summed E-state index contributed by atoms with van der Waals surface area (Å²) in [5.74, 6) is -1.36. The lowest BCUT2D eigenvalue weighted by molar-refractivity contribution is -0.142. The Bertz CT molecular complexity index is 1090. The molecule has 0 saturated heterocycles. The second-order valence-corrected chi connectivity index (χ2v) is 7.38. The number of benzene rings is 2. The van der Waals surface area contributed by atoms with Gasteiger partial charge in [-0.05, 0) is 36.4 Å². The summed E-state index contributed by atoms with van der Waals surface area (Å²) in [5, 5.41) is 6.60. The number of ether oxygens (including phenoxy) is 1. The van der Waals surface area contributed by atoms with Crippen LogP contribution >= 0.6 is 22.9 Å². The summed E-state index contributed by atoms with van der Waals surface area (Å²) >= 11 is 7.78. The van der Waals surface area contributed by atoms with E-state index in [2.05, 4.69) is 10.6 Å². The molecule has 2 aromatic carbocycles. The Morgan fingerprint density at radius 1 is 1.10 bits per heavy atom. The van der Waals surface area contributed by atoms with Gasteiger partial charge in [-0.15, -0.1) is 11.3 Å². The number of carbonyl (C=O) groups is 3. The van der Waals surface area contributed by atoms with Crippen LogP contribution in [0.2, 0.25) is 5.02 Å². The van der Waals surface area contributed by atoms with E-state index in [-0.39, 0.29) is 5.91 Å². The first-order chi connectivity index (χ1) is 14.0. The molecule has 29 heavy (non-hydrogen) atoms. The summed E-state index contributed by atoms with van der Waals surface area (Å²) in [4.78, 5) is 36.0. The zero-order valence-corrected chi connectivity index (χ0v) is 17.0. The number of carbonyl (C=O) groups excluding carboxylic acids is 3. The van der Waals surface area contributed by atoms with Crippen LogP contribution in [0.1, 0.15) is 15.2 Å². The minimum atomic E-state index is -0.649. The third kappa shape index (κ3) is 5.22. The predicted octanol–water partition coefficient (Wildman–Crippen LogP) is 4.11. The van der Waals surface area contributed by atoms with E-state index < -0.39 is 18.5 Å². The van der Waals surface area contributed by atoms with Crippen molar-refractivity contribution in [1.82, 2.24) is 5.32 Å². The van der Waals surface area contributed by atoms with Crippen LogP contribution < -0.4 is 10.6 Å². The first-order valence-corrected chi connectivity index (χ1v) is 9.81. The van der Waals surface area contributed by atoms with Crippen LogP contribution in [0.3, 0.4) is 0 Å². The molecule has 0 saturated carbocycles. The van der Waals surface area contributed by atoms with Crippen molar-refractivity contribution in [2.24, 2.45) is 0 Å². The molecular formula is C21H17ClN2O4S. The highest BCUT2D eigenvalue weighted by Crippen LogP contribution is 2.35. The van der Waals surface area contributed by atoms with E-state index in [4.69, 9.17) is 16.3 Å². The topological polar surface area (TPSA) is 84.5 Å². The average molecular weight is 429 g/mol. The fraction of sp³-hybridized carbons (Fsp3) is 0.0952. The molecule has 3 rings (SSSR count). The number of halogens is 1. The number of amides is 2. The van der Waals surface area contributed by atoms with E-state index in [9.17, 15) is 14.4 Å². The monoisotopic (exact) mass is 428 g/mol. The van der Waals surface area contributed by atoms with Crippen LogP contribution in [0.5, 0.6) is 0 Å². The molecule has 2 N–H and O–H groups in total. The Morgan fingerprint density at radius 2 is 1.83 bits per heavy atom. The zero-order valence-electron chi connectivity index (χ0n) is 15.4. The van der Waals surface area contributed by atoms with Crippen molar-refractivity contribution in [2.45, 2.75) is 0 Å². The fourth-order valence-electron chi connectivity index (χ4n) is 2.52. The molecule has 0 bridgehead atoms. The summed E-state index contributed by atoms with van der Waals surface area (Å²) in [6, 6.07) is 14.0. The predicted molar refractivity (Wildman–Crippen MR) is 115 cm³/mol. The summed E-state index contributed by atoms with van der Waals surface area (Å²) in [7, 11) is 1.54. The molecule has 0 unspecified atom stereocenters. The molecule has 0 atom stereocenters.